The maximum Gasteiger partial charge on any atom is 0.420 e. The summed E-state index contributed by atoms with van der Waals surface area (Å²) in [5.74, 6) is 0.528. The van der Waals surface area contributed by atoms with Gasteiger partial charge >= 0.3 is 12.2 Å². The van der Waals surface area contributed by atoms with Gasteiger partial charge in [0.15, 0.2) is 0 Å². The number of rotatable bonds is 5. The van der Waals surface area contributed by atoms with Crippen molar-refractivity contribution in [2.75, 3.05) is 32.8 Å². The number of likely N-dealkylation sites (N-methyl/N-ethyl adjacent to an activating group) is 1. The fraction of sp³-hybridized carbons (Fsp3) is 0.875. The summed E-state index contributed by atoms with van der Waals surface area (Å²) in [5, 5.41) is 0. The van der Waals surface area contributed by atoms with E-state index in [4.69, 9.17) is 9.47 Å². The van der Waals surface area contributed by atoms with Crippen molar-refractivity contribution in [2.24, 2.45) is 5.92 Å². The van der Waals surface area contributed by atoms with Crippen molar-refractivity contribution in [3.05, 3.63) is 0 Å². The van der Waals surface area contributed by atoms with Crippen molar-refractivity contribution in [2.45, 2.75) is 52.1 Å². The first-order valence-electron chi connectivity index (χ1n) is 8.39. The number of ether oxygens (including phenoxy) is 2. The molecule has 2 rings (SSSR count). The maximum atomic E-state index is 12.1. The first kappa shape index (κ1) is 17.1. The Morgan fingerprint density at radius 2 is 2.18 bits per heavy atom. The highest BCUT2D eigenvalue weighted by molar-refractivity contribution is 5.89. The predicted molar refractivity (Wildman–Crippen MR) is 82.7 cm³/mol. The second-order valence-electron chi connectivity index (χ2n) is 6.48. The minimum absolute atomic E-state index is 0.299. The van der Waals surface area contributed by atoms with Crippen molar-refractivity contribution in [3.8, 4) is 0 Å². The molecule has 0 aromatic rings. The van der Waals surface area contributed by atoms with Crippen molar-refractivity contribution in [3.63, 3.8) is 0 Å². The zero-order valence-corrected chi connectivity index (χ0v) is 14.0. The Bertz CT molecular complexity index is 411. The molecule has 0 bridgehead atoms. The van der Waals surface area contributed by atoms with Crippen LogP contribution in [0.3, 0.4) is 0 Å². The molecule has 1 saturated carbocycles. The van der Waals surface area contributed by atoms with E-state index in [9.17, 15) is 9.59 Å². The van der Waals surface area contributed by atoms with E-state index in [2.05, 4.69) is 25.7 Å². The molecule has 1 unspecified atom stereocenters. The molecule has 126 valence electrons. The molecule has 0 N–H and O–H groups in total. The van der Waals surface area contributed by atoms with Crippen LogP contribution in [0.25, 0.3) is 0 Å². The largest absolute Gasteiger partial charge is 0.448 e. The summed E-state index contributed by atoms with van der Waals surface area (Å²) in [5.41, 5.74) is -0.480. The molecule has 0 radical (unpaired) electrons. The zero-order valence-electron chi connectivity index (χ0n) is 14.0. The van der Waals surface area contributed by atoms with Gasteiger partial charge in [-0.15, -0.1) is 0 Å². The maximum absolute atomic E-state index is 12.1. The predicted octanol–water partition coefficient (Wildman–Crippen LogP) is 2.87. The van der Waals surface area contributed by atoms with Crippen LogP contribution in [-0.2, 0) is 9.47 Å². The number of carbonyl (C=O) groups excluding carboxylic acids is 2. The molecule has 6 heteroatoms. The topological polar surface area (TPSA) is 59.1 Å². The number of hydrogen-bond acceptors (Lipinski definition) is 5. The van der Waals surface area contributed by atoms with Crippen LogP contribution in [-0.4, -0.2) is 60.4 Å². The van der Waals surface area contributed by atoms with E-state index in [-0.39, 0.29) is 0 Å². The van der Waals surface area contributed by atoms with Crippen LogP contribution >= 0.6 is 0 Å². The molecular weight excluding hydrogens is 284 g/mol. The molecule has 1 heterocycles. The van der Waals surface area contributed by atoms with Gasteiger partial charge in [0.25, 0.3) is 0 Å². The molecule has 1 saturated heterocycles. The van der Waals surface area contributed by atoms with E-state index in [1.165, 1.54) is 0 Å². The van der Waals surface area contributed by atoms with Gasteiger partial charge in [-0.2, -0.15) is 0 Å². The van der Waals surface area contributed by atoms with E-state index in [1.807, 2.05) is 0 Å². The molecular formula is C16H28N2O4. The third kappa shape index (κ3) is 3.91. The van der Waals surface area contributed by atoms with Crippen molar-refractivity contribution >= 4 is 12.2 Å². The zero-order chi connectivity index (χ0) is 16.2. The fourth-order valence-corrected chi connectivity index (χ4v) is 3.49. The summed E-state index contributed by atoms with van der Waals surface area (Å²) in [4.78, 5) is 27.4. The van der Waals surface area contributed by atoms with Gasteiger partial charge in [-0.3, -0.25) is 0 Å². The second-order valence-corrected chi connectivity index (χ2v) is 6.48. The smallest absolute Gasteiger partial charge is 0.420 e. The van der Waals surface area contributed by atoms with Gasteiger partial charge in [0.2, 0.25) is 0 Å². The normalized spacial score (nSPS) is 28.3. The van der Waals surface area contributed by atoms with E-state index in [0.29, 0.717) is 25.6 Å². The summed E-state index contributed by atoms with van der Waals surface area (Å²) in [6.07, 6.45) is 2.75. The number of nitrogens with zero attached hydrogens (tertiary/aromatic N) is 2. The van der Waals surface area contributed by atoms with Crippen molar-refractivity contribution < 1.29 is 19.1 Å². The molecule has 1 aliphatic carbocycles. The molecule has 0 aromatic carbocycles. The van der Waals surface area contributed by atoms with E-state index in [0.717, 1.165) is 43.7 Å². The molecule has 2 fully saturated rings. The summed E-state index contributed by atoms with van der Waals surface area (Å²) in [6.45, 7) is 9.45. The second kappa shape index (κ2) is 7.31. The molecule has 2 atom stereocenters. The van der Waals surface area contributed by atoms with Crippen LogP contribution in [0.5, 0.6) is 0 Å². The first-order chi connectivity index (χ1) is 10.5. The molecule has 6 nitrogen and oxygen atoms in total. The van der Waals surface area contributed by atoms with Gasteiger partial charge in [0.1, 0.15) is 12.2 Å². The third-order valence-electron chi connectivity index (χ3n) is 4.77. The Morgan fingerprint density at radius 1 is 1.45 bits per heavy atom. The van der Waals surface area contributed by atoms with Crippen LogP contribution in [0.1, 0.15) is 46.5 Å². The van der Waals surface area contributed by atoms with Crippen molar-refractivity contribution in [1.82, 2.24) is 9.80 Å². The van der Waals surface area contributed by atoms with Gasteiger partial charge in [-0.1, -0.05) is 27.2 Å². The van der Waals surface area contributed by atoms with Crippen molar-refractivity contribution in [1.29, 1.82) is 0 Å². The Hall–Kier alpha value is -1.30. The summed E-state index contributed by atoms with van der Waals surface area (Å²) < 4.78 is 10.8. The van der Waals surface area contributed by atoms with Gasteiger partial charge in [0, 0.05) is 6.54 Å². The lowest BCUT2D eigenvalue weighted by Crippen LogP contribution is -2.41. The lowest BCUT2D eigenvalue weighted by atomic mass is 9.79. The van der Waals surface area contributed by atoms with Crippen LogP contribution in [0.15, 0.2) is 0 Å². The molecule has 2 aliphatic rings. The average molecular weight is 312 g/mol. The standard InChI is InChI=1S/C16H28N2O4/c1-4-17(5-2)9-10-21-14(19)18-12-16(22-15(18)20)8-6-7-13(3)11-16/h13H,4-12H2,1-3H3/t13-,16?/m0/s1. The van der Waals surface area contributed by atoms with Crippen LogP contribution in [0.4, 0.5) is 9.59 Å². The van der Waals surface area contributed by atoms with Gasteiger partial charge in [-0.25, -0.2) is 14.5 Å². The SMILES string of the molecule is CCN(CC)CCOC(=O)N1CC2(CCC[C@H](C)C2)OC1=O. The minimum Gasteiger partial charge on any atom is -0.448 e. The lowest BCUT2D eigenvalue weighted by Gasteiger charge is -2.34. The quantitative estimate of drug-likeness (QED) is 0.781. The van der Waals surface area contributed by atoms with Gasteiger partial charge in [-0.05, 0) is 38.3 Å². The number of carbonyl (C=O) groups is 2. The summed E-state index contributed by atoms with van der Waals surface area (Å²) in [7, 11) is 0. The molecule has 0 aromatic heterocycles. The van der Waals surface area contributed by atoms with Crippen LogP contribution in [0, 0.1) is 5.92 Å². The molecule has 1 spiro atoms. The van der Waals surface area contributed by atoms with Crippen LogP contribution in [0.2, 0.25) is 0 Å². The first-order valence-corrected chi connectivity index (χ1v) is 8.39. The molecule has 1 aliphatic heterocycles. The Kier molecular flexibility index (Phi) is 5.67. The number of imide groups is 1. The minimum atomic E-state index is -0.577. The number of amides is 2. The Morgan fingerprint density at radius 3 is 2.82 bits per heavy atom. The summed E-state index contributed by atoms with van der Waals surface area (Å²) in [6, 6.07) is 0. The molecule has 2 amide bonds. The highest BCUT2D eigenvalue weighted by atomic mass is 16.6. The van der Waals surface area contributed by atoms with E-state index in [1.54, 1.807) is 0 Å². The van der Waals surface area contributed by atoms with E-state index < -0.39 is 17.8 Å². The van der Waals surface area contributed by atoms with Gasteiger partial charge in [0.05, 0.1) is 6.54 Å². The highest BCUT2D eigenvalue weighted by Gasteiger charge is 2.49. The average Bonchev–Trinajstić information content (AvgIpc) is 2.79. The van der Waals surface area contributed by atoms with Crippen LogP contribution < -0.4 is 0 Å². The molecule has 22 heavy (non-hydrogen) atoms. The fourth-order valence-electron chi connectivity index (χ4n) is 3.49. The lowest BCUT2D eigenvalue weighted by molar-refractivity contribution is 0.0101. The summed E-state index contributed by atoms with van der Waals surface area (Å²) >= 11 is 0. The third-order valence-corrected chi connectivity index (χ3v) is 4.77. The van der Waals surface area contributed by atoms with Gasteiger partial charge < -0.3 is 14.4 Å². The Labute approximate surface area is 132 Å². The highest BCUT2D eigenvalue weighted by Crippen LogP contribution is 2.39. The number of hydrogen-bond donors (Lipinski definition) is 0. The monoisotopic (exact) mass is 312 g/mol. The Balaban J connectivity index is 1.84. The van der Waals surface area contributed by atoms with E-state index >= 15 is 0 Å².